The Hall–Kier alpha value is -3.79. The molecule has 1 saturated heterocycles. The lowest BCUT2D eigenvalue weighted by molar-refractivity contribution is -0.131. The lowest BCUT2D eigenvalue weighted by atomic mass is 10.1. The van der Waals surface area contributed by atoms with Crippen LogP contribution in [0.15, 0.2) is 36.7 Å². The topological polar surface area (TPSA) is 115 Å². The number of carbonyl (C=O) groups is 2. The van der Waals surface area contributed by atoms with E-state index in [0.29, 0.717) is 18.5 Å². The van der Waals surface area contributed by atoms with Gasteiger partial charge in [-0.05, 0) is 24.1 Å². The molecule has 8 nitrogen and oxygen atoms in total. The number of nitrogens with zero attached hydrogens (tertiary/aromatic N) is 5. The molecule has 0 bridgehead atoms. The molecule has 2 heterocycles. The normalized spacial score (nSPS) is 17.2. The lowest BCUT2D eigenvalue weighted by Crippen LogP contribution is -2.42. The van der Waals surface area contributed by atoms with Crippen molar-refractivity contribution in [1.29, 1.82) is 10.5 Å². The molecule has 1 atom stereocenters. The molecular formula is C20H18F2N6O2. The Morgan fingerprint density at radius 1 is 1.27 bits per heavy atom. The first-order valence-corrected chi connectivity index (χ1v) is 9.18. The van der Waals surface area contributed by atoms with Crippen LogP contribution in [0.1, 0.15) is 27.9 Å². The number of benzene rings is 1. The van der Waals surface area contributed by atoms with Gasteiger partial charge >= 0.3 is 0 Å². The van der Waals surface area contributed by atoms with Gasteiger partial charge in [0, 0.05) is 19.2 Å². The van der Waals surface area contributed by atoms with Crippen molar-refractivity contribution in [3.8, 4) is 12.1 Å². The van der Waals surface area contributed by atoms with E-state index in [4.69, 9.17) is 10.5 Å². The van der Waals surface area contributed by atoms with Crippen LogP contribution in [-0.2, 0) is 17.8 Å². The Morgan fingerprint density at radius 2 is 2.00 bits per heavy atom. The van der Waals surface area contributed by atoms with Gasteiger partial charge in [-0.25, -0.2) is 8.78 Å². The first kappa shape index (κ1) is 20.9. The number of alkyl halides is 2. The summed E-state index contributed by atoms with van der Waals surface area (Å²) < 4.78 is 28.4. The van der Waals surface area contributed by atoms with E-state index in [2.05, 4.69) is 10.4 Å². The number of nitrogens with one attached hydrogen (secondary N) is 1. The molecule has 0 saturated carbocycles. The van der Waals surface area contributed by atoms with Crippen molar-refractivity contribution in [1.82, 2.24) is 20.0 Å². The Labute approximate surface area is 171 Å². The van der Waals surface area contributed by atoms with Crippen molar-refractivity contribution >= 4 is 11.8 Å². The van der Waals surface area contributed by atoms with Crippen LogP contribution in [0.5, 0.6) is 0 Å². The number of nitriles is 2. The zero-order valence-corrected chi connectivity index (χ0v) is 15.9. The standard InChI is InChI=1S/C20H18F2N6O2/c21-20(22)7-17(9-24)28(13-20)18(29)11-25-19(30)16-10-26-27(12-16)6-5-14-1-3-15(8-23)4-2-14/h1-4,10,12,17H,5-7,11,13H2,(H,25,30)/t17-/m0/s1. The van der Waals surface area contributed by atoms with Crippen LogP contribution in [-0.4, -0.2) is 51.5 Å². The highest BCUT2D eigenvalue weighted by molar-refractivity contribution is 5.96. The van der Waals surface area contributed by atoms with Gasteiger partial charge in [-0.15, -0.1) is 0 Å². The van der Waals surface area contributed by atoms with E-state index in [9.17, 15) is 18.4 Å². The number of amides is 2. The van der Waals surface area contributed by atoms with Gasteiger partial charge in [0.1, 0.15) is 6.04 Å². The molecule has 10 heteroatoms. The molecule has 1 fully saturated rings. The molecule has 1 N–H and O–H groups in total. The summed E-state index contributed by atoms with van der Waals surface area (Å²) >= 11 is 0. The molecule has 1 aliphatic heterocycles. The summed E-state index contributed by atoms with van der Waals surface area (Å²) in [5.41, 5.74) is 1.81. The van der Waals surface area contributed by atoms with Crippen LogP contribution in [0.2, 0.25) is 0 Å². The second-order valence-electron chi connectivity index (χ2n) is 6.96. The van der Waals surface area contributed by atoms with Crippen molar-refractivity contribution in [2.45, 2.75) is 31.4 Å². The molecule has 3 rings (SSSR count). The Bertz CT molecular complexity index is 1020. The summed E-state index contributed by atoms with van der Waals surface area (Å²) in [7, 11) is 0. The van der Waals surface area contributed by atoms with E-state index in [1.807, 2.05) is 18.2 Å². The second-order valence-corrected chi connectivity index (χ2v) is 6.96. The van der Waals surface area contributed by atoms with Crippen LogP contribution in [0, 0.1) is 22.7 Å². The summed E-state index contributed by atoms with van der Waals surface area (Å²) in [4.78, 5) is 25.1. The number of hydrogen-bond acceptors (Lipinski definition) is 5. The van der Waals surface area contributed by atoms with Crippen LogP contribution < -0.4 is 5.32 Å². The maximum Gasteiger partial charge on any atom is 0.268 e. The average Bonchev–Trinajstić information content (AvgIpc) is 3.34. The Morgan fingerprint density at radius 3 is 2.67 bits per heavy atom. The molecular weight excluding hydrogens is 394 g/mol. The Balaban J connectivity index is 1.50. The number of aryl methyl sites for hydroxylation is 2. The second kappa shape index (κ2) is 8.70. The van der Waals surface area contributed by atoms with Gasteiger partial charge in [-0.1, -0.05) is 12.1 Å². The molecule has 0 unspecified atom stereocenters. The van der Waals surface area contributed by atoms with E-state index in [1.54, 1.807) is 22.9 Å². The maximum absolute atomic E-state index is 13.4. The van der Waals surface area contributed by atoms with Gasteiger partial charge in [0.05, 0.1) is 42.6 Å². The monoisotopic (exact) mass is 412 g/mol. The minimum absolute atomic E-state index is 0.228. The minimum Gasteiger partial charge on any atom is -0.343 e. The van der Waals surface area contributed by atoms with E-state index in [-0.39, 0.29) is 5.56 Å². The fourth-order valence-electron chi connectivity index (χ4n) is 3.15. The minimum atomic E-state index is -3.10. The molecule has 1 aliphatic rings. The largest absolute Gasteiger partial charge is 0.343 e. The fraction of sp³-hybridized carbons (Fsp3) is 0.350. The van der Waals surface area contributed by atoms with Gasteiger partial charge in [-0.2, -0.15) is 15.6 Å². The van der Waals surface area contributed by atoms with E-state index >= 15 is 0 Å². The highest BCUT2D eigenvalue weighted by Crippen LogP contribution is 2.31. The number of carbonyl (C=O) groups excluding carboxylic acids is 2. The average molecular weight is 412 g/mol. The molecule has 1 aromatic carbocycles. The summed E-state index contributed by atoms with van der Waals surface area (Å²) in [5.74, 6) is -4.40. The molecule has 154 valence electrons. The Kier molecular flexibility index (Phi) is 6.07. The van der Waals surface area contributed by atoms with Crippen LogP contribution in [0.3, 0.4) is 0 Å². The summed E-state index contributed by atoms with van der Waals surface area (Å²) in [6.45, 7) is -0.804. The lowest BCUT2D eigenvalue weighted by Gasteiger charge is -2.19. The van der Waals surface area contributed by atoms with Crippen molar-refractivity contribution < 1.29 is 18.4 Å². The predicted octanol–water partition coefficient (Wildman–Crippen LogP) is 1.49. The van der Waals surface area contributed by atoms with E-state index < -0.39 is 43.3 Å². The van der Waals surface area contributed by atoms with Gasteiger partial charge in [0.2, 0.25) is 5.91 Å². The number of halogens is 2. The molecule has 1 aromatic heterocycles. The third-order valence-corrected chi connectivity index (χ3v) is 4.75. The molecule has 0 spiro atoms. The number of rotatable bonds is 6. The summed E-state index contributed by atoms with van der Waals surface area (Å²) in [6, 6.07) is 9.68. The van der Waals surface area contributed by atoms with Crippen LogP contribution in [0.25, 0.3) is 0 Å². The fourth-order valence-corrected chi connectivity index (χ4v) is 3.15. The first-order chi connectivity index (χ1) is 14.3. The van der Waals surface area contributed by atoms with Gasteiger partial charge in [-0.3, -0.25) is 14.3 Å². The highest BCUT2D eigenvalue weighted by Gasteiger charge is 2.47. The van der Waals surface area contributed by atoms with Crippen molar-refractivity contribution in [2.24, 2.45) is 0 Å². The number of hydrogen-bond donors (Lipinski definition) is 1. The molecule has 0 aliphatic carbocycles. The smallest absolute Gasteiger partial charge is 0.268 e. The zero-order valence-electron chi connectivity index (χ0n) is 15.9. The van der Waals surface area contributed by atoms with E-state index in [0.717, 1.165) is 10.5 Å². The van der Waals surface area contributed by atoms with Crippen molar-refractivity contribution in [3.05, 3.63) is 53.3 Å². The summed E-state index contributed by atoms with van der Waals surface area (Å²) in [6.07, 6.45) is 2.81. The predicted molar refractivity (Wildman–Crippen MR) is 100 cm³/mol. The summed E-state index contributed by atoms with van der Waals surface area (Å²) in [5, 5.41) is 24.2. The van der Waals surface area contributed by atoms with Gasteiger partial charge in [0.15, 0.2) is 0 Å². The molecule has 30 heavy (non-hydrogen) atoms. The number of aromatic nitrogens is 2. The van der Waals surface area contributed by atoms with Crippen molar-refractivity contribution in [3.63, 3.8) is 0 Å². The SMILES string of the molecule is N#Cc1ccc(CCn2cc(C(=O)NCC(=O)N3CC(F)(F)C[C@H]3C#N)cn2)cc1. The number of likely N-dealkylation sites (tertiary alicyclic amines) is 1. The third-order valence-electron chi connectivity index (χ3n) is 4.75. The van der Waals surface area contributed by atoms with Crippen LogP contribution in [0.4, 0.5) is 8.78 Å². The molecule has 2 aromatic rings. The first-order valence-electron chi connectivity index (χ1n) is 9.18. The van der Waals surface area contributed by atoms with Gasteiger partial charge in [0.25, 0.3) is 11.8 Å². The van der Waals surface area contributed by atoms with Crippen LogP contribution >= 0.6 is 0 Å². The highest BCUT2D eigenvalue weighted by atomic mass is 19.3. The maximum atomic E-state index is 13.4. The van der Waals surface area contributed by atoms with E-state index in [1.165, 1.54) is 12.4 Å². The molecule has 0 radical (unpaired) electrons. The quantitative estimate of drug-likeness (QED) is 0.772. The van der Waals surface area contributed by atoms with Crippen molar-refractivity contribution in [2.75, 3.05) is 13.1 Å². The zero-order chi connectivity index (χ0) is 21.7. The van der Waals surface area contributed by atoms with Gasteiger partial charge < -0.3 is 10.2 Å². The molecule has 2 amide bonds. The third kappa shape index (κ3) is 4.97.